The predicted octanol–water partition coefficient (Wildman–Crippen LogP) is 3.57. The van der Waals surface area contributed by atoms with Gasteiger partial charge >= 0.3 is 11.9 Å². The molecule has 0 saturated carbocycles. The molecule has 0 saturated heterocycles. The minimum absolute atomic E-state index is 0.0249. The molecule has 2 aliphatic heterocycles. The number of aliphatic carboxylic acids is 2. The number of rotatable bonds is 4. The second-order valence-corrected chi connectivity index (χ2v) is 9.28. The van der Waals surface area contributed by atoms with Crippen LogP contribution in [-0.4, -0.2) is 43.9 Å². The number of thiophene rings is 1. The maximum atomic E-state index is 11.6. The molecule has 0 amide bonds. The first-order chi connectivity index (χ1) is 13.0. The number of carbonyl (C=O) groups is 2. The Morgan fingerprint density at radius 3 is 2.85 bits per heavy atom. The van der Waals surface area contributed by atoms with Gasteiger partial charge in [-0.05, 0) is 30.2 Å². The molecule has 0 aromatic carbocycles. The molecule has 27 heavy (non-hydrogen) atoms. The van der Waals surface area contributed by atoms with Crippen LogP contribution in [-0.2, 0) is 21.8 Å². The maximum Gasteiger partial charge on any atom is 0.351 e. The molecule has 6 nitrogen and oxygen atoms in total. The summed E-state index contributed by atoms with van der Waals surface area (Å²) in [7, 11) is 0. The van der Waals surface area contributed by atoms with E-state index in [1.807, 2.05) is 6.07 Å². The van der Waals surface area contributed by atoms with E-state index < -0.39 is 11.9 Å². The fourth-order valence-corrected chi connectivity index (χ4v) is 6.63. The van der Waals surface area contributed by atoms with Crippen molar-refractivity contribution in [1.82, 2.24) is 4.98 Å². The molecule has 1 atom stereocenters. The standard InChI is InChI=1S/C18H14N2O4S3/c21-17(22)12-6-20-13(18(23)24)8-25-14(12)5-10-4-9-7-26-16-11(15(9)27-10)2-1-3-19-16/h1-4,6,14H,5,7-8H2,(H,21,22)(H,23,24). The van der Waals surface area contributed by atoms with Crippen LogP contribution in [0.2, 0.25) is 0 Å². The molecule has 0 bridgehead atoms. The lowest BCUT2D eigenvalue weighted by molar-refractivity contribution is -0.133. The first-order valence-corrected chi connectivity index (χ1v) is 10.9. The van der Waals surface area contributed by atoms with E-state index in [9.17, 15) is 14.7 Å². The van der Waals surface area contributed by atoms with Gasteiger partial charge in [0, 0.05) is 44.5 Å². The topological polar surface area (TPSA) is 99.8 Å². The number of aromatic nitrogens is 1. The molecule has 0 radical (unpaired) electrons. The average molecular weight is 419 g/mol. The second-order valence-electron chi connectivity index (χ2n) is 5.99. The third-order valence-corrected chi connectivity index (χ3v) is 7.80. The lowest BCUT2D eigenvalue weighted by atomic mass is 10.1. The fourth-order valence-electron chi connectivity index (χ4n) is 2.95. The summed E-state index contributed by atoms with van der Waals surface area (Å²) in [5.74, 6) is -1.14. The Bertz CT molecular complexity index is 996. The SMILES string of the molecule is O=C(O)C1=CN=C(C(=O)O)CSC1Cc1cc2c(s1)-c1cccnc1SC2. The van der Waals surface area contributed by atoms with Crippen molar-refractivity contribution in [3.8, 4) is 10.4 Å². The Morgan fingerprint density at radius 1 is 1.22 bits per heavy atom. The third kappa shape index (κ3) is 3.67. The Hall–Kier alpha value is -2.10. The van der Waals surface area contributed by atoms with Crippen molar-refractivity contribution in [1.29, 1.82) is 0 Å². The minimum atomic E-state index is -1.11. The molecule has 2 aromatic heterocycles. The minimum Gasteiger partial charge on any atom is -0.478 e. The monoisotopic (exact) mass is 418 g/mol. The lowest BCUT2D eigenvalue weighted by Crippen LogP contribution is -2.19. The van der Waals surface area contributed by atoms with Gasteiger partial charge in [-0.15, -0.1) is 34.9 Å². The Balaban J connectivity index is 1.61. The summed E-state index contributed by atoms with van der Waals surface area (Å²) in [6.45, 7) is 0. The van der Waals surface area contributed by atoms with Crippen LogP contribution in [0, 0.1) is 0 Å². The average Bonchev–Trinajstić information content (AvgIpc) is 2.93. The van der Waals surface area contributed by atoms with Crippen molar-refractivity contribution in [2.24, 2.45) is 4.99 Å². The summed E-state index contributed by atoms with van der Waals surface area (Å²) in [4.78, 5) is 33.4. The predicted molar refractivity (Wildman–Crippen MR) is 108 cm³/mol. The van der Waals surface area contributed by atoms with Crippen LogP contribution in [0.4, 0.5) is 0 Å². The normalized spacial score (nSPS) is 18.6. The van der Waals surface area contributed by atoms with Crippen LogP contribution in [0.5, 0.6) is 0 Å². The molecule has 2 aromatic rings. The molecule has 1 unspecified atom stereocenters. The zero-order chi connectivity index (χ0) is 19.0. The van der Waals surface area contributed by atoms with Gasteiger partial charge in [-0.25, -0.2) is 14.6 Å². The largest absolute Gasteiger partial charge is 0.478 e. The molecule has 2 N–H and O–H groups in total. The van der Waals surface area contributed by atoms with Crippen molar-refractivity contribution < 1.29 is 19.8 Å². The van der Waals surface area contributed by atoms with Crippen molar-refractivity contribution in [3.05, 3.63) is 46.6 Å². The first kappa shape index (κ1) is 18.3. The molecule has 4 rings (SSSR count). The van der Waals surface area contributed by atoms with Crippen molar-refractivity contribution in [3.63, 3.8) is 0 Å². The summed E-state index contributed by atoms with van der Waals surface area (Å²) in [5.41, 5.74) is 2.48. The summed E-state index contributed by atoms with van der Waals surface area (Å²) in [5, 5.41) is 19.3. The van der Waals surface area contributed by atoms with Gasteiger partial charge in [0.05, 0.1) is 5.57 Å². The second kappa shape index (κ2) is 7.49. The van der Waals surface area contributed by atoms with Crippen molar-refractivity contribution in [2.75, 3.05) is 5.75 Å². The molecule has 138 valence electrons. The number of fused-ring (bicyclic) bond motifs is 3. The first-order valence-electron chi connectivity index (χ1n) is 8.07. The van der Waals surface area contributed by atoms with Crippen LogP contribution < -0.4 is 0 Å². The van der Waals surface area contributed by atoms with E-state index in [1.165, 1.54) is 28.4 Å². The van der Waals surface area contributed by atoms with Gasteiger partial charge in [0.25, 0.3) is 0 Å². The van der Waals surface area contributed by atoms with E-state index in [1.54, 1.807) is 29.3 Å². The highest BCUT2D eigenvalue weighted by Crippen LogP contribution is 2.45. The highest BCUT2D eigenvalue weighted by atomic mass is 32.2. The van der Waals surface area contributed by atoms with Gasteiger partial charge in [0.15, 0.2) is 0 Å². The van der Waals surface area contributed by atoms with Crippen LogP contribution >= 0.6 is 34.9 Å². The smallest absolute Gasteiger partial charge is 0.351 e. The Labute approximate surface area is 167 Å². The van der Waals surface area contributed by atoms with E-state index in [4.69, 9.17) is 5.11 Å². The summed E-state index contributed by atoms with van der Waals surface area (Å²) >= 11 is 4.67. The van der Waals surface area contributed by atoms with E-state index in [2.05, 4.69) is 22.1 Å². The van der Waals surface area contributed by atoms with Crippen LogP contribution in [0.3, 0.4) is 0 Å². The number of pyridine rings is 1. The fraction of sp³-hybridized carbons (Fsp3) is 0.222. The van der Waals surface area contributed by atoms with Gasteiger partial charge in [0.2, 0.25) is 0 Å². The number of hydrogen-bond donors (Lipinski definition) is 2. The quantitative estimate of drug-likeness (QED) is 0.783. The number of carboxylic acid groups (broad SMARTS) is 2. The number of thioether (sulfide) groups is 2. The van der Waals surface area contributed by atoms with Gasteiger partial charge in [0.1, 0.15) is 10.7 Å². The highest BCUT2D eigenvalue weighted by molar-refractivity contribution is 8.01. The van der Waals surface area contributed by atoms with E-state index in [0.29, 0.717) is 6.42 Å². The molecular weight excluding hydrogens is 404 g/mol. The van der Waals surface area contributed by atoms with Crippen LogP contribution in [0.25, 0.3) is 10.4 Å². The zero-order valence-electron chi connectivity index (χ0n) is 13.9. The van der Waals surface area contributed by atoms with Crippen molar-refractivity contribution in [2.45, 2.75) is 22.4 Å². The number of nitrogens with zero attached hydrogens (tertiary/aromatic N) is 2. The molecule has 0 aliphatic carbocycles. The van der Waals surface area contributed by atoms with Gasteiger partial charge < -0.3 is 10.2 Å². The Kier molecular flexibility index (Phi) is 5.07. The molecule has 4 heterocycles. The molecule has 9 heteroatoms. The molecule has 0 spiro atoms. The van der Waals surface area contributed by atoms with Gasteiger partial charge in [-0.1, -0.05) is 0 Å². The van der Waals surface area contributed by atoms with Gasteiger partial charge in [-0.2, -0.15) is 0 Å². The molecular formula is C18H14N2O4S3. The van der Waals surface area contributed by atoms with E-state index >= 15 is 0 Å². The summed E-state index contributed by atoms with van der Waals surface area (Å²) in [6.07, 6.45) is 3.51. The Morgan fingerprint density at radius 2 is 2.07 bits per heavy atom. The van der Waals surface area contributed by atoms with E-state index in [-0.39, 0.29) is 22.3 Å². The highest BCUT2D eigenvalue weighted by Gasteiger charge is 2.28. The zero-order valence-corrected chi connectivity index (χ0v) is 16.4. The number of carboxylic acids is 2. The number of aliphatic imine (C=N–C) groups is 1. The third-order valence-electron chi connectivity index (χ3n) is 4.25. The van der Waals surface area contributed by atoms with Crippen molar-refractivity contribution >= 4 is 52.5 Å². The van der Waals surface area contributed by atoms with Crippen LogP contribution in [0.15, 0.2) is 46.2 Å². The molecule has 0 fully saturated rings. The molecule has 2 aliphatic rings. The lowest BCUT2D eigenvalue weighted by Gasteiger charge is -2.14. The van der Waals surface area contributed by atoms with E-state index in [0.717, 1.165) is 21.2 Å². The van der Waals surface area contributed by atoms with Crippen LogP contribution in [0.1, 0.15) is 10.4 Å². The summed E-state index contributed by atoms with van der Waals surface area (Å²) in [6, 6.07) is 6.11. The summed E-state index contributed by atoms with van der Waals surface area (Å²) < 4.78 is 0. The number of hydrogen-bond acceptors (Lipinski definition) is 7. The van der Waals surface area contributed by atoms with Gasteiger partial charge in [-0.3, -0.25) is 4.99 Å². The maximum absolute atomic E-state index is 11.6.